The predicted molar refractivity (Wildman–Crippen MR) is 101 cm³/mol. The second kappa shape index (κ2) is 6.31. The maximum atomic E-state index is 12.9. The van der Waals surface area contributed by atoms with Gasteiger partial charge in [-0.25, -0.2) is 9.50 Å². The van der Waals surface area contributed by atoms with E-state index >= 15 is 0 Å². The lowest BCUT2D eigenvalue weighted by Crippen LogP contribution is -2.43. The predicted octanol–water partition coefficient (Wildman–Crippen LogP) is 4.18. The van der Waals surface area contributed by atoms with Crippen molar-refractivity contribution in [3.05, 3.63) is 48.8 Å². The molecule has 0 aliphatic rings. The van der Waals surface area contributed by atoms with Gasteiger partial charge in [-0.15, -0.1) is 0 Å². The summed E-state index contributed by atoms with van der Waals surface area (Å²) in [7, 11) is 0. The van der Waals surface area contributed by atoms with E-state index in [-0.39, 0.29) is 11.9 Å². The Hall–Kier alpha value is -2.69. The molecule has 2 heterocycles. The van der Waals surface area contributed by atoms with Crippen LogP contribution < -0.4 is 4.90 Å². The molecule has 0 atom stereocenters. The van der Waals surface area contributed by atoms with Gasteiger partial charge in [-0.05, 0) is 32.0 Å². The van der Waals surface area contributed by atoms with Crippen LogP contribution in [0.5, 0.6) is 0 Å². The Bertz CT molecular complexity index is 905. The van der Waals surface area contributed by atoms with E-state index in [2.05, 4.69) is 10.1 Å². The van der Waals surface area contributed by atoms with Gasteiger partial charge in [-0.2, -0.15) is 5.10 Å². The van der Waals surface area contributed by atoms with Gasteiger partial charge in [0.2, 0.25) is 5.91 Å². The van der Waals surface area contributed by atoms with Crippen molar-refractivity contribution < 1.29 is 4.79 Å². The van der Waals surface area contributed by atoms with Crippen molar-refractivity contribution in [2.75, 3.05) is 4.90 Å². The summed E-state index contributed by atoms with van der Waals surface area (Å²) in [5.74, 6) is 0.110. The summed E-state index contributed by atoms with van der Waals surface area (Å²) in [6, 6.07) is 11.9. The van der Waals surface area contributed by atoms with Crippen molar-refractivity contribution in [3.63, 3.8) is 0 Å². The van der Waals surface area contributed by atoms with Gasteiger partial charge in [0.05, 0.1) is 11.9 Å². The highest BCUT2D eigenvalue weighted by molar-refractivity contribution is 5.97. The molecule has 0 radical (unpaired) electrons. The lowest BCUT2D eigenvalue weighted by molar-refractivity contribution is -0.126. The van der Waals surface area contributed by atoms with Crippen LogP contribution in [0.25, 0.3) is 16.9 Å². The number of benzene rings is 1. The van der Waals surface area contributed by atoms with E-state index in [1.165, 1.54) is 0 Å². The number of rotatable bonds is 3. The lowest BCUT2D eigenvalue weighted by atomic mass is 9.93. The molecule has 2 aromatic heterocycles. The minimum atomic E-state index is -0.438. The number of carbonyl (C=O) groups is 1. The first-order chi connectivity index (χ1) is 11.8. The smallest absolute Gasteiger partial charge is 0.232 e. The molecule has 0 N–H and O–H groups in total. The number of nitrogens with zero attached hydrogens (tertiary/aromatic N) is 4. The van der Waals surface area contributed by atoms with Crippen LogP contribution in [0.4, 0.5) is 5.69 Å². The van der Waals surface area contributed by atoms with Crippen LogP contribution in [0.2, 0.25) is 0 Å². The average molecular weight is 336 g/mol. The molecule has 0 unspecified atom stereocenters. The molecule has 130 valence electrons. The van der Waals surface area contributed by atoms with Crippen molar-refractivity contribution >= 4 is 17.2 Å². The Kier molecular flexibility index (Phi) is 4.33. The highest BCUT2D eigenvalue weighted by atomic mass is 16.2. The molecule has 0 saturated heterocycles. The first-order valence-electron chi connectivity index (χ1n) is 8.52. The summed E-state index contributed by atoms with van der Waals surface area (Å²) in [6.07, 6.45) is 3.51. The van der Waals surface area contributed by atoms with Gasteiger partial charge in [0.1, 0.15) is 0 Å². The Labute approximate surface area is 148 Å². The molecule has 3 rings (SSSR count). The van der Waals surface area contributed by atoms with Crippen LogP contribution in [-0.2, 0) is 4.79 Å². The van der Waals surface area contributed by atoms with E-state index in [0.717, 1.165) is 22.6 Å². The summed E-state index contributed by atoms with van der Waals surface area (Å²) >= 11 is 0. The van der Waals surface area contributed by atoms with E-state index in [4.69, 9.17) is 0 Å². The quantitative estimate of drug-likeness (QED) is 0.721. The highest BCUT2D eigenvalue weighted by Crippen LogP contribution is 2.29. The number of fused-ring (bicyclic) bond motifs is 1. The van der Waals surface area contributed by atoms with Crippen molar-refractivity contribution in [2.24, 2.45) is 5.41 Å². The SMILES string of the molecule is CC(C)N(C(=O)C(C)(C)C)c1cccc(-c2ccnc3ccnn23)c1. The number of hydrogen-bond donors (Lipinski definition) is 0. The molecule has 0 aliphatic carbocycles. The van der Waals surface area contributed by atoms with Crippen LogP contribution >= 0.6 is 0 Å². The number of hydrogen-bond acceptors (Lipinski definition) is 3. The molecule has 3 aromatic rings. The first-order valence-corrected chi connectivity index (χ1v) is 8.52. The third-order valence-electron chi connectivity index (χ3n) is 4.09. The molecule has 1 aromatic carbocycles. The van der Waals surface area contributed by atoms with Crippen LogP contribution in [0.15, 0.2) is 48.8 Å². The standard InChI is InChI=1S/C20H24N4O/c1-14(2)23(19(25)20(3,4)5)16-8-6-7-15(13-16)17-9-11-21-18-10-12-22-24(17)18/h6-14H,1-5H3. The Balaban J connectivity index is 2.09. The molecule has 25 heavy (non-hydrogen) atoms. The average Bonchev–Trinajstić information content (AvgIpc) is 3.02. The van der Waals surface area contributed by atoms with Gasteiger partial charge in [0.15, 0.2) is 5.65 Å². The summed E-state index contributed by atoms with van der Waals surface area (Å²) in [4.78, 5) is 19.1. The minimum absolute atomic E-state index is 0.0733. The van der Waals surface area contributed by atoms with Gasteiger partial charge in [-0.1, -0.05) is 32.9 Å². The van der Waals surface area contributed by atoms with Crippen molar-refractivity contribution in [1.29, 1.82) is 0 Å². The zero-order valence-corrected chi connectivity index (χ0v) is 15.4. The number of aromatic nitrogens is 3. The minimum Gasteiger partial charge on any atom is -0.309 e. The monoisotopic (exact) mass is 336 g/mol. The van der Waals surface area contributed by atoms with Crippen LogP contribution in [0.3, 0.4) is 0 Å². The third-order valence-corrected chi connectivity index (χ3v) is 4.09. The summed E-state index contributed by atoms with van der Waals surface area (Å²) in [5, 5.41) is 4.35. The van der Waals surface area contributed by atoms with E-state index in [1.54, 1.807) is 12.4 Å². The van der Waals surface area contributed by atoms with E-state index < -0.39 is 5.41 Å². The maximum Gasteiger partial charge on any atom is 0.232 e. The molecule has 0 fully saturated rings. The zero-order chi connectivity index (χ0) is 18.2. The molecule has 5 heteroatoms. The Morgan fingerprint density at radius 2 is 1.88 bits per heavy atom. The molecular weight excluding hydrogens is 312 g/mol. The molecule has 5 nitrogen and oxygen atoms in total. The van der Waals surface area contributed by atoms with Gasteiger partial charge < -0.3 is 4.90 Å². The highest BCUT2D eigenvalue weighted by Gasteiger charge is 2.30. The normalized spacial score (nSPS) is 11.9. The van der Waals surface area contributed by atoms with Gasteiger partial charge in [0.25, 0.3) is 0 Å². The number of amides is 1. The van der Waals surface area contributed by atoms with Crippen LogP contribution in [-0.4, -0.2) is 26.5 Å². The largest absolute Gasteiger partial charge is 0.309 e. The van der Waals surface area contributed by atoms with Crippen molar-refractivity contribution in [3.8, 4) is 11.3 Å². The van der Waals surface area contributed by atoms with Crippen LogP contribution in [0.1, 0.15) is 34.6 Å². The Morgan fingerprint density at radius 3 is 2.56 bits per heavy atom. The molecule has 0 bridgehead atoms. The van der Waals surface area contributed by atoms with Gasteiger partial charge >= 0.3 is 0 Å². The topological polar surface area (TPSA) is 50.5 Å². The van der Waals surface area contributed by atoms with Crippen molar-refractivity contribution in [1.82, 2.24) is 14.6 Å². The number of carbonyl (C=O) groups excluding carboxylic acids is 1. The summed E-state index contributed by atoms with van der Waals surface area (Å²) in [5.41, 5.74) is 3.20. The summed E-state index contributed by atoms with van der Waals surface area (Å²) < 4.78 is 1.81. The molecule has 0 spiro atoms. The molecule has 1 amide bonds. The Morgan fingerprint density at radius 1 is 1.12 bits per heavy atom. The third kappa shape index (κ3) is 3.27. The fraction of sp³-hybridized carbons (Fsp3) is 0.350. The molecule has 0 saturated carbocycles. The van der Waals surface area contributed by atoms with E-state index in [1.807, 2.05) is 80.4 Å². The van der Waals surface area contributed by atoms with E-state index in [9.17, 15) is 4.79 Å². The second-order valence-electron chi connectivity index (χ2n) is 7.50. The van der Waals surface area contributed by atoms with Crippen LogP contribution in [0, 0.1) is 5.41 Å². The fourth-order valence-electron chi connectivity index (χ4n) is 2.88. The molecular formula is C20H24N4O. The van der Waals surface area contributed by atoms with Gasteiger partial charge in [-0.3, -0.25) is 4.79 Å². The maximum absolute atomic E-state index is 12.9. The van der Waals surface area contributed by atoms with Gasteiger partial charge in [0, 0.05) is 35.0 Å². The number of anilines is 1. The molecule has 0 aliphatic heterocycles. The first kappa shape index (κ1) is 17.1. The zero-order valence-electron chi connectivity index (χ0n) is 15.4. The summed E-state index contributed by atoms with van der Waals surface area (Å²) in [6.45, 7) is 9.92. The van der Waals surface area contributed by atoms with Crippen molar-refractivity contribution in [2.45, 2.75) is 40.7 Å². The second-order valence-corrected chi connectivity index (χ2v) is 7.50. The van der Waals surface area contributed by atoms with E-state index in [0.29, 0.717) is 0 Å². The lowest BCUT2D eigenvalue weighted by Gasteiger charge is -2.33. The fourth-order valence-corrected chi connectivity index (χ4v) is 2.88.